The Balaban J connectivity index is 2.04. The zero-order chi connectivity index (χ0) is 14.1. The predicted molar refractivity (Wildman–Crippen MR) is 85.4 cm³/mol. The van der Waals surface area contributed by atoms with Crippen molar-refractivity contribution in [2.75, 3.05) is 0 Å². The molecule has 3 rings (SSSR count). The molecule has 0 amide bonds. The molecule has 0 N–H and O–H groups in total. The lowest BCUT2D eigenvalue weighted by Crippen LogP contribution is -1.85. The van der Waals surface area contributed by atoms with Gasteiger partial charge in [-0.2, -0.15) is 0 Å². The van der Waals surface area contributed by atoms with Crippen LogP contribution in [0.5, 0.6) is 0 Å². The highest BCUT2D eigenvalue weighted by Gasteiger charge is 2.10. The lowest BCUT2D eigenvalue weighted by atomic mass is 10.1. The van der Waals surface area contributed by atoms with Crippen LogP contribution in [0, 0.1) is 12.7 Å². The molecule has 0 radical (unpaired) electrons. The molecule has 0 spiro atoms. The van der Waals surface area contributed by atoms with Crippen LogP contribution in [0.25, 0.3) is 21.8 Å². The highest BCUT2D eigenvalue weighted by atomic mass is 79.9. The summed E-state index contributed by atoms with van der Waals surface area (Å²) in [5.74, 6) is -0.232. The summed E-state index contributed by atoms with van der Waals surface area (Å²) in [5.41, 5.74) is 3.85. The Morgan fingerprint density at radius 1 is 1.15 bits per heavy atom. The summed E-state index contributed by atoms with van der Waals surface area (Å²) in [6.07, 6.45) is 0. The van der Waals surface area contributed by atoms with Gasteiger partial charge in [0, 0.05) is 21.0 Å². The van der Waals surface area contributed by atoms with Crippen molar-refractivity contribution in [1.82, 2.24) is 4.98 Å². The van der Waals surface area contributed by atoms with Crippen LogP contribution >= 0.6 is 27.3 Å². The first-order chi connectivity index (χ1) is 9.63. The third-order valence-electron chi connectivity index (χ3n) is 3.05. The zero-order valence-electron chi connectivity index (χ0n) is 10.7. The summed E-state index contributed by atoms with van der Waals surface area (Å²) >= 11 is 4.99. The minimum Gasteiger partial charge on any atom is -0.236 e. The molecule has 4 heteroatoms. The monoisotopic (exact) mass is 347 g/mol. The third-order valence-corrected chi connectivity index (χ3v) is 4.42. The van der Waals surface area contributed by atoms with Crippen LogP contribution in [-0.4, -0.2) is 4.98 Å². The number of hydrogen-bond acceptors (Lipinski definition) is 2. The first kappa shape index (κ1) is 13.5. The molecule has 3 aromatic rings. The number of halogens is 2. The molecule has 0 fully saturated rings. The molecule has 2 aromatic carbocycles. The van der Waals surface area contributed by atoms with E-state index in [2.05, 4.69) is 20.9 Å². The van der Waals surface area contributed by atoms with Crippen LogP contribution < -0.4 is 0 Å². The van der Waals surface area contributed by atoms with Crippen LogP contribution in [0.1, 0.15) is 5.56 Å². The van der Waals surface area contributed by atoms with Crippen LogP contribution in [-0.2, 0) is 0 Å². The summed E-state index contributed by atoms with van der Waals surface area (Å²) in [7, 11) is 0. The second-order valence-electron chi connectivity index (χ2n) is 4.51. The molecule has 20 heavy (non-hydrogen) atoms. The van der Waals surface area contributed by atoms with Crippen molar-refractivity contribution in [2.45, 2.75) is 6.92 Å². The second kappa shape index (κ2) is 5.46. The summed E-state index contributed by atoms with van der Waals surface area (Å²) in [4.78, 5) is 4.62. The van der Waals surface area contributed by atoms with Gasteiger partial charge in [0.2, 0.25) is 0 Å². The molecule has 1 aromatic heterocycles. The number of aromatic nitrogens is 1. The Hall–Kier alpha value is -1.52. The number of nitrogens with zero attached hydrogens (tertiary/aromatic N) is 1. The number of aryl methyl sites for hydroxylation is 1. The highest BCUT2D eigenvalue weighted by molar-refractivity contribution is 9.10. The van der Waals surface area contributed by atoms with Gasteiger partial charge in [0.05, 0.1) is 5.69 Å². The van der Waals surface area contributed by atoms with Gasteiger partial charge < -0.3 is 0 Å². The van der Waals surface area contributed by atoms with Crippen LogP contribution in [0.4, 0.5) is 4.39 Å². The maximum Gasteiger partial charge on any atom is 0.124 e. The van der Waals surface area contributed by atoms with E-state index in [1.807, 2.05) is 36.6 Å². The molecule has 0 saturated carbocycles. The van der Waals surface area contributed by atoms with Crippen LogP contribution in [0.15, 0.2) is 52.3 Å². The number of benzene rings is 2. The predicted octanol–water partition coefficient (Wildman–Crippen LogP) is 5.69. The van der Waals surface area contributed by atoms with Crippen molar-refractivity contribution in [2.24, 2.45) is 0 Å². The molecule has 0 aliphatic heterocycles. The molecular weight excluding hydrogens is 337 g/mol. The lowest BCUT2D eigenvalue weighted by Gasteiger charge is -2.02. The lowest BCUT2D eigenvalue weighted by molar-refractivity contribution is 0.628. The maximum atomic E-state index is 13.4. The van der Waals surface area contributed by atoms with Gasteiger partial charge in [0.15, 0.2) is 0 Å². The van der Waals surface area contributed by atoms with Gasteiger partial charge in [-0.15, -0.1) is 11.3 Å². The largest absolute Gasteiger partial charge is 0.236 e. The van der Waals surface area contributed by atoms with Crippen LogP contribution in [0.2, 0.25) is 0 Å². The summed E-state index contributed by atoms with van der Waals surface area (Å²) in [6.45, 7) is 1.97. The normalized spacial score (nSPS) is 10.8. The number of thiazole rings is 1. The third kappa shape index (κ3) is 2.67. The Bertz CT molecular complexity index is 767. The average molecular weight is 348 g/mol. The van der Waals surface area contributed by atoms with E-state index in [-0.39, 0.29) is 5.82 Å². The quantitative estimate of drug-likeness (QED) is 0.580. The summed E-state index contributed by atoms with van der Waals surface area (Å²) in [5, 5.41) is 2.85. The van der Waals surface area contributed by atoms with E-state index in [1.54, 1.807) is 12.1 Å². The molecule has 0 atom stereocenters. The molecule has 0 bridgehead atoms. The van der Waals surface area contributed by atoms with E-state index in [4.69, 9.17) is 0 Å². The Labute approximate surface area is 129 Å². The molecular formula is C16H11BrFNS. The SMILES string of the molecule is Cc1ccc(F)cc1-c1nc(-c2cccc(Br)c2)cs1. The van der Waals surface area contributed by atoms with Crippen molar-refractivity contribution >= 4 is 27.3 Å². The topological polar surface area (TPSA) is 12.9 Å². The molecule has 0 saturated heterocycles. The molecule has 0 aliphatic carbocycles. The van der Waals surface area contributed by atoms with Crippen molar-refractivity contribution < 1.29 is 4.39 Å². The van der Waals surface area contributed by atoms with Gasteiger partial charge in [-0.1, -0.05) is 34.1 Å². The van der Waals surface area contributed by atoms with Crippen LogP contribution in [0.3, 0.4) is 0 Å². The van der Waals surface area contributed by atoms with Crippen molar-refractivity contribution in [3.8, 4) is 21.8 Å². The van der Waals surface area contributed by atoms with Crippen molar-refractivity contribution in [3.63, 3.8) is 0 Å². The summed E-state index contributed by atoms with van der Waals surface area (Å²) < 4.78 is 14.4. The van der Waals surface area contributed by atoms with E-state index in [0.29, 0.717) is 0 Å². The fourth-order valence-electron chi connectivity index (χ4n) is 2.00. The molecule has 0 unspecified atom stereocenters. The molecule has 1 nitrogen and oxygen atoms in total. The van der Waals surface area contributed by atoms with Gasteiger partial charge in [-0.05, 0) is 36.8 Å². The Kier molecular flexibility index (Phi) is 3.68. The highest BCUT2D eigenvalue weighted by Crippen LogP contribution is 2.31. The summed E-state index contributed by atoms with van der Waals surface area (Å²) in [6, 6.07) is 12.8. The van der Waals surface area contributed by atoms with Gasteiger partial charge in [-0.25, -0.2) is 9.37 Å². The van der Waals surface area contributed by atoms with E-state index in [1.165, 1.54) is 17.4 Å². The van der Waals surface area contributed by atoms with Gasteiger partial charge in [0.25, 0.3) is 0 Å². The first-order valence-corrected chi connectivity index (χ1v) is 7.79. The maximum absolute atomic E-state index is 13.4. The van der Waals surface area contributed by atoms with E-state index >= 15 is 0 Å². The number of rotatable bonds is 2. The Morgan fingerprint density at radius 2 is 2.00 bits per heavy atom. The van der Waals surface area contributed by atoms with E-state index < -0.39 is 0 Å². The minimum atomic E-state index is -0.232. The number of hydrogen-bond donors (Lipinski definition) is 0. The zero-order valence-corrected chi connectivity index (χ0v) is 13.1. The smallest absolute Gasteiger partial charge is 0.124 e. The fraction of sp³-hybridized carbons (Fsp3) is 0.0625. The van der Waals surface area contributed by atoms with Gasteiger partial charge in [0.1, 0.15) is 10.8 Å². The standard InChI is InChI=1S/C16H11BrFNS/c1-10-5-6-13(18)8-14(10)16-19-15(9-20-16)11-3-2-4-12(17)7-11/h2-9H,1H3. The van der Waals surface area contributed by atoms with Crippen molar-refractivity contribution in [1.29, 1.82) is 0 Å². The van der Waals surface area contributed by atoms with E-state index in [9.17, 15) is 4.39 Å². The molecule has 1 heterocycles. The minimum absolute atomic E-state index is 0.232. The molecule has 0 aliphatic rings. The molecule has 100 valence electrons. The first-order valence-electron chi connectivity index (χ1n) is 6.11. The second-order valence-corrected chi connectivity index (χ2v) is 6.28. The van der Waals surface area contributed by atoms with Gasteiger partial charge >= 0.3 is 0 Å². The fourth-order valence-corrected chi connectivity index (χ4v) is 3.31. The van der Waals surface area contributed by atoms with E-state index in [0.717, 1.165) is 31.9 Å². The van der Waals surface area contributed by atoms with Gasteiger partial charge in [-0.3, -0.25) is 0 Å². The Morgan fingerprint density at radius 3 is 2.80 bits per heavy atom. The van der Waals surface area contributed by atoms with Crippen molar-refractivity contribution in [3.05, 3.63) is 63.7 Å². The average Bonchev–Trinajstić information content (AvgIpc) is 2.91.